The van der Waals surface area contributed by atoms with Gasteiger partial charge in [0, 0.05) is 18.2 Å². The number of carbonyl (C=O) groups is 1. The molecule has 1 rings (SSSR count). The molecule has 2 unspecified atom stereocenters. The van der Waals surface area contributed by atoms with Crippen molar-refractivity contribution in [3.63, 3.8) is 0 Å². The number of pyridine rings is 1. The minimum Gasteiger partial charge on any atom is -0.479 e. The Morgan fingerprint density at radius 2 is 2.20 bits per heavy atom. The lowest BCUT2D eigenvalue weighted by atomic mass is 10.2. The maximum absolute atomic E-state index is 11.9. The van der Waals surface area contributed by atoms with Crippen LogP contribution in [0.15, 0.2) is 18.3 Å². The summed E-state index contributed by atoms with van der Waals surface area (Å²) in [5.41, 5.74) is 6.39. The molecule has 3 N–H and O–H groups in total. The Kier molecular flexibility index (Phi) is 7.01. The lowest BCUT2D eigenvalue weighted by Gasteiger charge is -2.18. The van der Waals surface area contributed by atoms with Gasteiger partial charge >= 0.3 is 0 Å². The third kappa shape index (κ3) is 5.57. The van der Waals surface area contributed by atoms with E-state index in [1.54, 1.807) is 13.1 Å². The van der Waals surface area contributed by atoms with Gasteiger partial charge in [-0.2, -0.15) is 0 Å². The van der Waals surface area contributed by atoms with Gasteiger partial charge in [0.15, 0.2) is 6.10 Å². The van der Waals surface area contributed by atoms with Crippen molar-refractivity contribution in [1.82, 2.24) is 10.3 Å². The highest BCUT2D eigenvalue weighted by atomic mass is 16.5. The summed E-state index contributed by atoms with van der Waals surface area (Å²) in [6.45, 7) is 6.40. The molecule has 0 saturated carbocycles. The molecule has 1 aromatic rings. The minimum absolute atomic E-state index is 0.100. The van der Waals surface area contributed by atoms with Crippen molar-refractivity contribution in [3.8, 4) is 5.75 Å². The molecule has 1 amide bonds. The van der Waals surface area contributed by atoms with Gasteiger partial charge in [0.05, 0.1) is 6.20 Å². The molecule has 2 atom stereocenters. The fourth-order valence-electron chi connectivity index (χ4n) is 1.90. The number of nitrogens with zero attached hydrogens (tertiary/aromatic N) is 1. The predicted octanol–water partition coefficient (Wildman–Crippen LogP) is 1.65. The zero-order valence-corrected chi connectivity index (χ0v) is 12.6. The van der Waals surface area contributed by atoms with Crippen LogP contribution in [0.5, 0.6) is 5.75 Å². The van der Waals surface area contributed by atoms with E-state index in [-0.39, 0.29) is 11.9 Å². The van der Waals surface area contributed by atoms with Gasteiger partial charge in [0.1, 0.15) is 5.75 Å². The van der Waals surface area contributed by atoms with Crippen molar-refractivity contribution in [2.24, 2.45) is 5.73 Å². The van der Waals surface area contributed by atoms with Gasteiger partial charge in [-0.05, 0) is 38.9 Å². The lowest BCUT2D eigenvalue weighted by molar-refractivity contribution is -0.127. The van der Waals surface area contributed by atoms with E-state index in [4.69, 9.17) is 10.5 Å². The number of hydrogen-bond acceptors (Lipinski definition) is 4. The van der Waals surface area contributed by atoms with Crippen LogP contribution in [0.2, 0.25) is 0 Å². The normalized spacial score (nSPS) is 13.6. The Labute approximate surface area is 120 Å². The minimum atomic E-state index is -0.531. The first kappa shape index (κ1) is 16.4. The Bertz CT molecular complexity index is 406. The standard InChI is InChI=1S/C15H25N3O2/c1-4-5-11(2)18-15(19)12(3)20-14-7-6-13(8-9-16)17-10-14/h6-7,10-12H,4-5,8-9,16H2,1-3H3,(H,18,19). The fraction of sp³-hybridized carbons (Fsp3) is 0.600. The molecule has 1 heterocycles. The van der Waals surface area contributed by atoms with Gasteiger partial charge in [0.25, 0.3) is 5.91 Å². The number of nitrogens with two attached hydrogens (primary N) is 1. The number of amides is 1. The highest BCUT2D eigenvalue weighted by Gasteiger charge is 2.16. The Morgan fingerprint density at radius 3 is 2.75 bits per heavy atom. The SMILES string of the molecule is CCCC(C)NC(=O)C(C)Oc1ccc(CCN)nc1. The van der Waals surface area contributed by atoms with Crippen molar-refractivity contribution in [2.75, 3.05) is 6.54 Å². The Morgan fingerprint density at radius 1 is 1.45 bits per heavy atom. The third-order valence-electron chi connectivity index (χ3n) is 2.99. The van der Waals surface area contributed by atoms with Gasteiger partial charge in [-0.15, -0.1) is 0 Å². The topological polar surface area (TPSA) is 77.2 Å². The summed E-state index contributed by atoms with van der Waals surface area (Å²) in [5.74, 6) is 0.494. The molecule has 0 aliphatic rings. The monoisotopic (exact) mass is 279 g/mol. The van der Waals surface area contributed by atoms with Gasteiger partial charge in [0.2, 0.25) is 0 Å². The lowest BCUT2D eigenvalue weighted by Crippen LogP contribution is -2.41. The fourth-order valence-corrected chi connectivity index (χ4v) is 1.90. The van der Waals surface area contributed by atoms with Crippen LogP contribution in [-0.2, 0) is 11.2 Å². The third-order valence-corrected chi connectivity index (χ3v) is 2.99. The van der Waals surface area contributed by atoms with Crippen molar-refractivity contribution in [3.05, 3.63) is 24.0 Å². The second kappa shape index (κ2) is 8.53. The Hall–Kier alpha value is -1.62. The summed E-state index contributed by atoms with van der Waals surface area (Å²) in [6.07, 6.45) is 3.85. The second-order valence-corrected chi connectivity index (χ2v) is 4.98. The van der Waals surface area contributed by atoms with Crippen molar-refractivity contribution < 1.29 is 9.53 Å². The van der Waals surface area contributed by atoms with Crippen LogP contribution in [0.4, 0.5) is 0 Å². The van der Waals surface area contributed by atoms with E-state index in [1.807, 2.05) is 19.1 Å². The molecule has 5 nitrogen and oxygen atoms in total. The van der Waals surface area contributed by atoms with E-state index in [2.05, 4.69) is 17.2 Å². The van der Waals surface area contributed by atoms with Crippen molar-refractivity contribution in [1.29, 1.82) is 0 Å². The number of aromatic nitrogens is 1. The predicted molar refractivity (Wildman–Crippen MR) is 79.6 cm³/mol. The molecule has 0 aliphatic carbocycles. The van der Waals surface area contributed by atoms with Crippen LogP contribution in [0, 0.1) is 0 Å². The first-order valence-corrected chi connectivity index (χ1v) is 7.18. The zero-order chi connectivity index (χ0) is 15.0. The summed E-state index contributed by atoms with van der Waals surface area (Å²) in [6, 6.07) is 3.85. The quantitative estimate of drug-likeness (QED) is 0.758. The number of ether oxygens (including phenoxy) is 1. The summed E-state index contributed by atoms with van der Waals surface area (Å²) in [7, 11) is 0. The van der Waals surface area contributed by atoms with Crippen molar-refractivity contribution in [2.45, 2.75) is 52.2 Å². The molecule has 0 aromatic carbocycles. The highest BCUT2D eigenvalue weighted by molar-refractivity contribution is 5.80. The van der Waals surface area contributed by atoms with E-state index in [0.717, 1.165) is 25.0 Å². The number of carbonyl (C=O) groups excluding carboxylic acids is 1. The average Bonchev–Trinajstić information content (AvgIpc) is 2.41. The molecule has 0 radical (unpaired) electrons. The maximum atomic E-state index is 11.9. The van der Waals surface area contributed by atoms with E-state index in [9.17, 15) is 4.79 Å². The van der Waals surface area contributed by atoms with Crippen LogP contribution in [0.1, 0.15) is 39.3 Å². The molecular formula is C15H25N3O2. The molecule has 0 spiro atoms. The van der Waals surface area contributed by atoms with Crippen LogP contribution in [-0.4, -0.2) is 29.6 Å². The van der Waals surface area contributed by atoms with E-state index >= 15 is 0 Å². The largest absolute Gasteiger partial charge is 0.479 e. The number of hydrogen-bond donors (Lipinski definition) is 2. The summed E-state index contributed by atoms with van der Waals surface area (Å²) in [4.78, 5) is 16.2. The smallest absolute Gasteiger partial charge is 0.260 e. The van der Waals surface area contributed by atoms with E-state index in [1.165, 1.54) is 0 Å². The molecule has 1 aromatic heterocycles. The van der Waals surface area contributed by atoms with Crippen LogP contribution < -0.4 is 15.8 Å². The molecule has 0 saturated heterocycles. The first-order chi connectivity index (χ1) is 9.56. The highest BCUT2D eigenvalue weighted by Crippen LogP contribution is 2.11. The molecule has 112 valence electrons. The molecule has 0 aliphatic heterocycles. The summed E-state index contributed by atoms with van der Waals surface area (Å²) in [5, 5.41) is 2.93. The van der Waals surface area contributed by atoms with Crippen molar-refractivity contribution >= 4 is 5.91 Å². The molecule has 0 fully saturated rings. The number of nitrogens with one attached hydrogen (secondary N) is 1. The number of rotatable bonds is 8. The van der Waals surface area contributed by atoms with Crippen LogP contribution in [0.25, 0.3) is 0 Å². The molecule has 20 heavy (non-hydrogen) atoms. The molecular weight excluding hydrogens is 254 g/mol. The molecule has 5 heteroatoms. The van der Waals surface area contributed by atoms with Crippen LogP contribution >= 0.6 is 0 Å². The average molecular weight is 279 g/mol. The van der Waals surface area contributed by atoms with E-state index < -0.39 is 6.10 Å². The maximum Gasteiger partial charge on any atom is 0.260 e. The van der Waals surface area contributed by atoms with Gasteiger partial charge in [-0.25, -0.2) is 0 Å². The Balaban J connectivity index is 2.48. The molecule has 0 bridgehead atoms. The van der Waals surface area contributed by atoms with E-state index in [0.29, 0.717) is 12.3 Å². The summed E-state index contributed by atoms with van der Waals surface area (Å²) < 4.78 is 5.58. The first-order valence-electron chi connectivity index (χ1n) is 7.18. The second-order valence-electron chi connectivity index (χ2n) is 4.98. The summed E-state index contributed by atoms with van der Waals surface area (Å²) >= 11 is 0. The van der Waals surface area contributed by atoms with Gasteiger partial charge in [-0.3, -0.25) is 9.78 Å². The van der Waals surface area contributed by atoms with Crippen LogP contribution in [0.3, 0.4) is 0 Å². The van der Waals surface area contributed by atoms with Gasteiger partial charge < -0.3 is 15.8 Å². The van der Waals surface area contributed by atoms with Gasteiger partial charge in [-0.1, -0.05) is 13.3 Å². The zero-order valence-electron chi connectivity index (χ0n) is 12.6.